The minimum absolute atomic E-state index is 0.0430. The molecule has 0 heterocycles. The molecule has 0 aromatic heterocycles. The Kier molecular flexibility index (Phi) is 4.82. The number of halogens is 1. The van der Waals surface area contributed by atoms with Gasteiger partial charge in [-0.1, -0.05) is 48.4 Å². The summed E-state index contributed by atoms with van der Waals surface area (Å²) in [6.07, 6.45) is 2.88. The summed E-state index contributed by atoms with van der Waals surface area (Å²) in [5, 5.41) is 11.4. The molecule has 0 atom stereocenters. The molecule has 1 saturated carbocycles. The summed E-state index contributed by atoms with van der Waals surface area (Å²) in [7, 11) is 0. The first-order valence-corrected chi connectivity index (χ1v) is 8.78. The molecule has 0 radical (unpaired) electrons. The molecule has 1 amide bonds. The minimum atomic E-state index is -0.356. The Labute approximate surface area is 152 Å². The van der Waals surface area contributed by atoms with Gasteiger partial charge in [0, 0.05) is 18.5 Å². The third-order valence-corrected chi connectivity index (χ3v) is 5.22. The molecule has 0 spiro atoms. The normalized spacial score (nSPS) is 15.3. The van der Waals surface area contributed by atoms with E-state index in [0.29, 0.717) is 11.6 Å². The van der Waals surface area contributed by atoms with Crippen molar-refractivity contribution in [2.24, 2.45) is 5.73 Å². The van der Waals surface area contributed by atoms with Crippen LogP contribution < -0.4 is 11.1 Å². The Balaban J connectivity index is 1.90. The van der Waals surface area contributed by atoms with E-state index in [-0.39, 0.29) is 17.2 Å². The molecule has 3 rings (SSSR count). The minimum Gasteiger partial charge on any atom is -0.387 e. The lowest BCUT2D eigenvalue weighted by atomic mass is 9.63. The summed E-state index contributed by atoms with van der Waals surface area (Å²) in [5.41, 5.74) is 9.66. The maximum Gasteiger partial charge on any atom is 0.217 e. The van der Waals surface area contributed by atoms with Crippen LogP contribution in [0.25, 0.3) is 11.1 Å². The van der Waals surface area contributed by atoms with E-state index in [0.717, 1.165) is 41.5 Å². The van der Waals surface area contributed by atoms with Crippen LogP contribution in [0.15, 0.2) is 42.5 Å². The monoisotopic (exact) mass is 355 g/mol. The van der Waals surface area contributed by atoms with Crippen LogP contribution in [0.3, 0.4) is 0 Å². The van der Waals surface area contributed by atoms with Crippen molar-refractivity contribution in [1.82, 2.24) is 5.32 Å². The summed E-state index contributed by atoms with van der Waals surface area (Å²) < 4.78 is 0. The highest BCUT2D eigenvalue weighted by atomic mass is 35.5. The van der Waals surface area contributed by atoms with E-state index in [9.17, 15) is 4.79 Å². The van der Waals surface area contributed by atoms with E-state index in [1.807, 2.05) is 36.4 Å². The predicted molar refractivity (Wildman–Crippen MR) is 102 cm³/mol. The zero-order valence-electron chi connectivity index (χ0n) is 14.2. The molecule has 0 bridgehead atoms. The zero-order chi connectivity index (χ0) is 18.0. The average Bonchev–Trinajstić information content (AvgIpc) is 2.51. The van der Waals surface area contributed by atoms with Crippen LogP contribution in [0.1, 0.15) is 37.3 Å². The molecule has 0 aliphatic heterocycles. The van der Waals surface area contributed by atoms with Gasteiger partial charge in [-0.2, -0.15) is 0 Å². The van der Waals surface area contributed by atoms with Gasteiger partial charge < -0.3 is 11.1 Å². The van der Waals surface area contributed by atoms with E-state index in [1.165, 1.54) is 6.92 Å². The summed E-state index contributed by atoms with van der Waals surface area (Å²) >= 11 is 6.35. The fourth-order valence-corrected chi connectivity index (χ4v) is 3.55. The summed E-state index contributed by atoms with van der Waals surface area (Å²) in [4.78, 5) is 11.0. The van der Waals surface area contributed by atoms with Gasteiger partial charge in [0.1, 0.15) is 5.84 Å². The number of amides is 1. The quantitative estimate of drug-likeness (QED) is 0.559. The molecule has 0 saturated heterocycles. The molecule has 2 aromatic rings. The first-order valence-electron chi connectivity index (χ1n) is 8.40. The van der Waals surface area contributed by atoms with Crippen LogP contribution in [-0.2, 0) is 16.8 Å². The highest BCUT2D eigenvalue weighted by Crippen LogP contribution is 2.45. The van der Waals surface area contributed by atoms with Crippen LogP contribution in [0.4, 0.5) is 0 Å². The largest absolute Gasteiger partial charge is 0.387 e. The zero-order valence-corrected chi connectivity index (χ0v) is 15.0. The van der Waals surface area contributed by atoms with Crippen LogP contribution >= 0.6 is 11.6 Å². The molecule has 130 valence electrons. The summed E-state index contributed by atoms with van der Waals surface area (Å²) in [6, 6.07) is 14.0. The van der Waals surface area contributed by atoms with Crippen LogP contribution in [0.5, 0.6) is 0 Å². The van der Waals surface area contributed by atoms with Gasteiger partial charge in [-0.25, -0.2) is 0 Å². The van der Waals surface area contributed by atoms with E-state index in [4.69, 9.17) is 22.7 Å². The molecule has 2 aromatic carbocycles. The van der Waals surface area contributed by atoms with Gasteiger partial charge in [-0.3, -0.25) is 10.2 Å². The number of amidine groups is 1. The van der Waals surface area contributed by atoms with Crippen molar-refractivity contribution in [3.8, 4) is 11.1 Å². The Morgan fingerprint density at radius 2 is 1.88 bits per heavy atom. The molecule has 1 aliphatic carbocycles. The SMILES string of the molecule is CC(=O)NCc1ccc(-c2cc(Cl)cc(C3(C(=N)N)CCC3)c2)cc1. The summed E-state index contributed by atoms with van der Waals surface area (Å²) in [6.45, 7) is 2.02. The van der Waals surface area contributed by atoms with Crippen molar-refractivity contribution in [3.63, 3.8) is 0 Å². The van der Waals surface area contributed by atoms with Gasteiger partial charge in [0.25, 0.3) is 0 Å². The molecule has 0 unspecified atom stereocenters. The molecule has 1 fully saturated rings. The maximum absolute atomic E-state index is 11.0. The van der Waals surface area contributed by atoms with E-state index in [1.54, 1.807) is 0 Å². The third-order valence-electron chi connectivity index (χ3n) is 5.00. The Morgan fingerprint density at radius 3 is 2.40 bits per heavy atom. The lowest BCUT2D eigenvalue weighted by Gasteiger charge is -2.41. The average molecular weight is 356 g/mol. The number of hydrogen-bond acceptors (Lipinski definition) is 2. The second-order valence-corrected chi connectivity index (χ2v) is 7.12. The van der Waals surface area contributed by atoms with E-state index < -0.39 is 0 Å². The highest BCUT2D eigenvalue weighted by Gasteiger charge is 2.42. The Hall–Kier alpha value is -2.33. The Bertz CT molecular complexity index is 810. The molecule has 4 nitrogen and oxygen atoms in total. The molecule has 4 N–H and O–H groups in total. The van der Waals surface area contributed by atoms with Crippen molar-refractivity contribution in [2.75, 3.05) is 0 Å². The van der Waals surface area contributed by atoms with Crippen LogP contribution in [0.2, 0.25) is 5.02 Å². The van der Waals surface area contributed by atoms with Gasteiger partial charge in [0.15, 0.2) is 0 Å². The van der Waals surface area contributed by atoms with Gasteiger partial charge in [-0.15, -0.1) is 0 Å². The number of nitrogens with two attached hydrogens (primary N) is 1. The molecular weight excluding hydrogens is 334 g/mol. The number of rotatable bonds is 5. The predicted octanol–water partition coefficient (Wildman–Crippen LogP) is 4.00. The third kappa shape index (κ3) is 3.54. The van der Waals surface area contributed by atoms with Gasteiger partial charge in [0.05, 0.1) is 5.41 Å². The number of hydrogen-bond donors (Lipinski definition) is 3. The maximum atomic E-state index is 11.0. The van der Waals surface area contributed by atoms with Crippen molar-refractivity contribution < 1.29 is 4.79 Å². The van der Waals surface area contributed by atoms with Crippen LogP contribution in [0, 0.1) is 5.41 Å². The first-order chi connectivity index (χ1) is 11.9. The topological polar surface area (TPSA) is 79.0 Å². The van der Waals surface area contributed by atoms with E-state index >= 15 is 0 Å². The van der Waals surface area contributed by atoms with Crippen molar-refractivity contribution in [2.45, 2.75) is 38.1 Å². The summed E-state index contributed by atoms with van der Waals surface area (Å²) in [5.74, 6) is 0.177. The fourth-order valence-electron chi connectivity index (χ4n) is 3.32. The van der Waals surface area contributed by atoms with Crippen molar-refractivity contribution in [3.05, 3.63) is 58.6 Å². The lowest BCUT2D eigenvalue weighted by molar-refractivity contribution is -0.119. The molecular formula is C20H22ClN3O. The standard InChI is InChI=1S/C20H22ClN3O/c1-13(25)24-12-14-3-5-15(6-4-14)16-9-17(11-18(21)10-16)20(19(22)23)7-2-8-20/h3-6,9-11H,2,7-8,12H2,1H3,(H3,22,23)(H,24,25). The molecule has 5 heteroatoms. The Morgan fingerprint density at radius 1 is 1.20 bits per heavy atom. The number of nitrogens with one attached hydrogen (secondary N) is 2. The second-order valence-electron chi connectivity index (χ2n) is 6.68. The first kappa shape index (κ1) is 17.5. The van der Waals surface area contributed by atoms with Crippen molar-refractivity contribution >= 4 is 23.3 Å². The number of benzene rings is 2. The van der Waals surface area contributed by atoms with Crippen molar-refractivity contribution in [1.29, 1.82) is 5.41 Å². The second kappa shape index (κ2) is 6.89. The fraction of sp³-hybridized carbons (Fsp3) is 0.300. The number of carbonyl (C=O) groups is 1. The molecule has 1 aliphatic rings. The van der Waals surface area contributed by atoms with Gasteiger partial charge in [-0.05, 0) is 47.2 Å². The smallest absolute Gasteiger partial charge is 0.217 e. The van der Waals surface area contributed by atoms with Gasteiger partial charge in [0.2, 0.25) is 5.91 Å². The lowest BCUT2D eigenvalue weighted by Crippen LogP contribution is -2.46. The number of carbonyl (C=O) groups excluding carboxylic acids is 1. The highest BCUT2D eigenvalue weighted by molar-refractivity contribution is 6.31. The van der Waals surface area contributed by atoms with Gasteiger partial charge >= 0.3 is 0 Å². The van der Waals surface area contributed by atoms with Crippen LogP contribution in [-0.4, -0.2) is 11.7 Å². The molecule has 25 heavy (non-hydrogen) atoms. The van der Waals surface area contributed by atoms with E-state index in [2.05, 4.69) is 11.4 Å².